The van der Waals surface area contributed by atoms with E-state index in [2.05, 4.69) is 6.92 Å². The number of hydrogen-bond donors (Lipinski definition) is 0. The number of carboxylic acid groups (broad SMARTS) is 1. The third kappa shape index (κ3) is 11.5. The molecule has 0 radical (unpaired) electrons. The van der Waals surface area contributed by atoms with Crippen molar-refractivity contribution in [2.24, 2.45) is 5.92 Å². The summed E-state index contributed by atoms with van der Waals surface area (Å²) in [4.78, 5) is 11.1. The van der Waals surface area contributed by atoms with Gasteiger partial charge in [-0.3, -0.25) is 0 Å². The quantitative estimate of drug-likeness (QED) is 0.336. The molecule has 0 saturated carbocycles. The fourth-order valence-electron chi connectivity index (χ4n) is 2.63. The maximum Gasteiger partial charge on any atom is 0.162 e. The Bertz CT molecular complexity index is 302. The largest absolute Gasteiger partial charge is 0.550 e. The number of hydrogen-bond acceptors (Lipinski definition) is 4. The van der Waals surface area contributed by atoms with Crippen molar-refractivity contribution >= 4 is 5.97 Å². The summed E-state index contributed by atoms with van der Waals surface area (Å²) < 4.78 is 11.1. The minimum Gasteiger partial charge on any atom is -0.550 e. The second-order valence-electron chi connectivity index (χ2n) is 6.99. The number of ether oxygens (including phenoxy) is 2. The van der Waals surface area contributed by atoms with Crippen LogP contribution >= 0.6 is 0 Å². The number of aliphatic carboxylic acids is 1. The molecule has 0 spiro atoms. The highest BCUT2D eigenvalue weighted by Gasteiger charge is 2.27. The van der Waals surface area contributed by atoms with Crippen molar-refractivity contribution < 1.29 is 19.4 Å². The van der Waals surface area contributed by atoms with E-state index < -0.39 is 17.7 Å². The van der Waals surface area contributed by atoms with E-state index in [1.165, 1.54) is 44.9 Å². The highest BCUT2D eigenvalue weighted by atomic mass is 16.7. The van der Waals surface area contributed by atoms with Crippen LogP contribution < -0.4 is 5.11 Å². The molecule has 0 aromatic rings. The highest BCUT2D eigenvalue weighted by molar-refractivity contribution is 5.67. The Hall–Kier alpha value is -0.610. The summed E-state index contributed by atoms with van der Waals surface area (Å²) in [5, 5.41) is 11.1. The first kappa shape index (κ1) is 22.4. The maximum atomic E-state index is 11.1. The molecule has 4 heteroatoms. The molecule has 0 fully saturated rings. The molecular weight excluding hydrogens is 292 g/mol. The van der Waals surface area contributed by atoms with E-state index in [9.17, 15) is 9.90 Å². The summed E-state index contributed by atoms with van der Waals surface area (Å²) in [5.41, 5.74) is 0. The molecule has 2 unspecified atom stereocenters. The Morgan fingerprint density at radius 2 is 1.48 bits per heavy atom. The lowest BCUT2D eigenvalue weighted by Gasteiger charge is -2.33. The van der Waals surface area contributed by atoms with Gasteiger partial charge in [0.1, 0.15) is 0 Å². The molecule has 0 rings (SSSR count). The summed E-state index contributed by atoms with van der Waals surface area (Å²) >= 11 is 0. The predicted octanol–water partition coefficient (Wildman–Crippen LogP) is 4.06. The lowest BCUT2D eigenvalue weighted by Crippen LogP contribution is -2.42. The molecule has 0 aliphatic carbocycles. The van der Waals surface area contributed by atoms with E-state index in [4.69, 9.17) is 9.47 Å². The van der Waals surface area contributed by atoms with Crippen LogP contribution in [0, 0.1) is 5.92 Å². The highest BCUT2D eigenvalue weighted by Crippen LogP contribution is 2.23. The molecule has 0 aromatic heterocycles. The Morgan fingerprint density at radius 3 is 1.91 bits per heavy atom. The average Bonchev–Trinajstić information content (AvgIpc) is 2.51. The fourth-order valence-corrected chi connectivity index (χ4v) is 2.63. The Balaban J connectivity index is 3.99. The van der Waals surface area contributed by atoms with Gasteiger partial charge in [0.25, 0.3) is 0 Å². The average molecular weight is 330 g/mol. The maximum absolute atomic E-state index is 11.1. The molecule has 2 atom stereocenters. The van der Waals surface area contributed by atoms with Crippen molar-refractivity contribution in [1.29, 1.82) is 0 Å². The zero-order valence-corrected chi connectivity index (χ0v) is 15.9. The van der Waals surface area contributed by atoms with E-state index in [-0.39, 0.29) is 6.10 Å². The van der Waals surface area contributed by atoms with E-state index >= 15 is 0 Å². The third-order valence-corrected chi connectivity index (χ3v) is 4.45. The number of carboxylic acids is 1. The molecule has 0 saturated heterocycles. The molecule has 0 aliphatic heterocycles. The molecule has 0 aliphatic rings. The summed E-state index contributed by atoms with van der Waals surface area (Å²) in [6.45, 7) is 7.49. The Labute approximate surface area is 142 Å². The van der Waals surface area contributed by atoms with Gasteiger partial charge >= 0.3 is 0 Å². The van der Waals surface area contributed by atoms with Gasteiger partial charge in [-0.25, -0.2) is 0 Å². The third-order valence-electron chi connectivity index (χ3n) is 4.45. The van der Waals surface area contributed by atoms with Crippen LogP contribution in [0.5, 0.6) is 0 Å². The summed E-state index contributed by atoms with van der Waals surface area (Å²) in [5.74, 6) is -2.45. The smallest absolute Gasteiger partial charge is 0.162 e. The van der Waals surface area contributed by atoms with Gasteiger partial charge < -0.3 is 19.4 Å². The van der Waals surface area contributed by atoms with E-state index in [0.717, 1.165) is 19.3 Å². The monoisotopic (exact) mass is 329 g/mol. The molecule has 0 N–H and O–H groups in total. The number of carbonyl (C=O) groups is 1. The summed E-state index contributed by atoms with van der Waals surface area (Å²) in [7, 11) is 1.57. The van der Waals surface area contributed by atoms with Crippen molar-refractivity contribution in [3.63, 3.8) is 0 Å². The van der Waals surface area contributed by atoms with Crippen molar-refractivity contribution in [2.75, 3.05) is 7.11 Å². The number of unbranched alkanes of at least 4 members (excludes halogenated alkanes) is 8. The molecule has 4 nitrogen and oxygen atoms in total. The van der Waals surface area contributed by atoms with Crippen molar-refractivity contribution in [3.8, 4) is 0 Å². The first-order chi connectivity index (χ1) is 10.8. The number of carbonyl (C=O) groups excluding carboxylic acids is 1. The first-order valence-corrected chi connectivity index (χ1v) is 9.28. The van der Waals surface area contributed by atoms with Gasteiger partial charge in [0.15, 0.2) is 5.79 Å². The van der Waals surface area contributed by atoms with Gasteiger partial charge in [0.05, 0.1) is 6.10 Å². The van der Waals surface area contributed by atoms with Gasteiger partial charge in [-0.1, -0.05) is 71.6 Å². The first-order valence-electron chi connectivity index (χ1n) is 9.28. The van der Waals surface area contributed by atoms with Crippen LogP contribution in [0.15, 0.2) is 0 Å². The van der Waals surface area contributed by atoms with Crippen LogP contribution in [0.2, 0.25) is 0 Å². The van der Waals surface area contributed by atoms with E-state index in [1.807, 2.05) is 0 Å². The molecule has 23 heavy (non-hydrogen) atoms. The van der Waals surface area contributed by atoms with Crippen molar-refractivity contribution in [1.82, 2.24) is 0 Å². The Kier molecular flexibility index (Phi) is 12.4. The van der Waals surface area contributed by atoms with Crippen molar-refractivity contribution in [3.05, 3.63) is 0 Å². The summed E-state index contributed by atoms with van der Waals surface area (Å²) in [6.07, 6.45) is 11.6. The topological polar surface area (TPSA) is 58.6 Å². The standard InChI is InChI=1S/C19H38O4/c1-6-7-8-9-10-11-12-13-14-15-17(16(2)18(20)21)23-19(3,4)22-5/h16-17H,6-15H2,1-5H3,(H,20,21)/p-1. The Morgan fingerprint density at radius 1 is 1.00 bits per heavy atom. The second kappa shape index (κ2) is 12.8. The zero-order chi connectivity index (χ0) is 17.7. The number of methoxy groups -OCH3 is 1. The fraction of sp³-hybridized carbons (Fsp3) is 0.947. The molecular formula is C19H37O4-. The van der Waals surface area contributed by atoms with Crippen LogP contribution in [0.1, 0.15) is 91.9 Å². The van der Waals surface area contributed by atoms with Crippen LogP contribution in [0.3, 0.4) is 0 Å². The molecule has 0 bridgehead atoms. The van der Waals surface area contributed by atoms with Gasteiger partial charge in [-0.05, 0) is 20.3 Å². The normalized spacial score (nSPS) is 14.7. The van der Waals surface area contributed by atoms with Gasteiger partial charge in [-0.15, -0.1) is 0 Å². The van der Waals surface area contributed by atoms with Crippen LogP contribution in [0.25, 0.3) is 0 Å². The van der Waals surface area contributed by atoms with Gasteiger partial charge in [0, 0.05) is 19.0 Å². The lowest BCUT2D eigenvalue weighted by atomic mass is 9.97. The second-order valence-corrected chi connectivity index (χ2v) is 6.99. The number of rotatable bonds is 15. The minimum atomic E-state index is -1.06. The van der Waals surface area contributed by atoms with Crippen LogP contribution in [-0.2, 0) is 14.3 Å². The molecule has 0 heterocycles. The predicted molar refractivity (Wildman–Crippen MR) is 92.0 cm³/mol. The van der Waals surface area contributed by atoms with Gasteiger partial charge in [0.2, 0.25) is 0 Å². The van der Waals surface area contributed by atoms with Crippen LogP contribution in [-0.4, -0.2) is 25.0 Å². The van der Waals surface area contributed by atoms with E-state index in [1.54, 1.807) is 27.9 Å². The van der Waals surface area contributed by atoms with Gasteiger partial charge in [-0.2, -0.15) is 0 Å². The summed E-state index contributed by atoms with van der Waals surface area (Å²) in [6, 6.07) is 0. The van der Waals surface area contributed by atoms with E-state index in [0.29, 0.717) is 0 Å². The van der Waals surface area contributed by atoms with Crippen molar-refractivity contribution in [2.45, 2.75) is 104 Å². The molecule has 0 amide bonds. The lowest BCUT2D eigenvalue weighted by molar-refractivity contribution is -0.318. The zero-order valence-electron chi connectivity index (χ0n) is 15.9. The SMILES string of the molecule is CCCCCCCCCCCC(OC(C)(C)OC)C(C)C(=O)[O-]. The molecule has 138 valence electrons. The molecule has 0 aromatic carbocycles. The van der Waals surface area contributed by atoms with Crippen LogP contribution in [0.4, 0.5) is 0 Å². The minimum absolute atomic E-state index is 0.362.